The van der Waals surface area contributed by atoms with E-state index in [2.05, 4.69) is 4.90 Å². The fourth-order valence-corrected chi connectivity index (χ4v) is 4.02. The Bertz CT molecular complexity index is 1040. The predicted molar refractivity (Wildman–Crippen MR) is 130 cm³/mol. The summed E-state index contributed by atoms with van der Waals surface area (Å²) < 4.78 is 25.6. The zero-order valence-corrected chi connectivity index (χ0v) is 19.4. The maximum absolute atomic E-state index is 14.3. The summed E-state index contributed by atoms with van der Waals surface area (Å²) in [6, 6.07) is 23.9. The Kier molecular flexibility index (Phi) is 8.65. The van der Waals surface area contributed by atoms with E-state index in [-0.39, 0.29) is 11.5 Å². The first-order valence-electron chi connectivity index (χ1n) is 11.8. The molecule has 3 aromatic rings. The van der Waals surface area contributed by atoms with E-state index in [9.17, 15) is 9.18 Å². The number of nitrogens with zero attached hydrogens (tertiary/aromatic N) is 2. The van der Waals surface area contributed by atoms with Crippen LogP contribution in [0.25, 0.3) is 0 Å². The minimum atomic E-state index is -0.490. The molecule has 1 heterocycles. The van der Waals surface area contributed by atoms with Gasteiger partial charge in [0, 0.05) is 32.7 Å². The molecule has 5 nitrogen and oxygen atoms in total. The first kappa shape index (κ1) is 23.9. The van der Waals surface area contributed by atoms with Crippen LogP contribution in [0.15, 0.2) is 78.9 Å². The summed E-state index contributed by atoms with van der Waals surface area (Å²) in [6.45, 7) is 5.66. The lowest BCUT2D eigenvalue weighted by Crippen LogP contribution is -2.39. The molecule has 0 radical (unpaired) electrons. The molecule has 178 valence electrons. The van der Waals surface area contributed by atoms with E-state index in [1.165, 1.54) is 6.07 Å². The van der Waals surface area contributed by atoms with Crippen molar-refractivity contribution >= 4 is 5.91 Å². The predicted octanol–water partition coefficient (Wildman–Crippen LogP) is 4.77. The van der Waals surface area contributed by atoms with E-state index in [0.717, 1.165) is 56.1 Å². The highest BCUT2D eigenvalue weighted by Gasteiger charge is 2.20. The lowest BCUT2D eigenvalue weighted by molar-refractivity contribution is 0.0355. The van der Waals surface area contributed by atoms with E-state index in [1.807, 2.05) is 54.6 Å². The largest absolute Gasteiger partial charge is 0.489 e. The molecule has 0 aromatic heterocycles. The normalized spacial score (nSPS) is 14.0. The van der Waals surface area contributed by atoms with Crippen LogP contribution in [-0.2, 0) is 17.9 Å². The number of benzene rings is 3. The second-order valence-corrected chi connectivity index (χ2v) is 8.43. The second kappa shape index (κ2) is 12.3. The molecule has 1 aliphatic rings. The summed E-state index contributed by atoms with van der Waals surface area (Å²) in [7, 11) is 0. The molecule has 1 fully saturated rings. The first-order valence-corrected chi connectivity index (χ1v) is 11.8. The molecular weight excluding hydrogens is 431 g/mol. The lowest BCUT2D eigenvalue weighted by Gasteiger charge is -2.28. The van der Waals surface area contributed by atoms with E-state index >= 15 is 0 Å². The van der Waals surface area contributed by atoms with Crippen molar-refractivity contribution in [2.24, 2.45) is 0 Å². The van der Waals surface area contributed by atoms with Gasteiger partial charge in [-0.05, 0) is 41.8 Å². The first-order chi connectivity index (χ1) is 16.7. The molecule has 6 heteroatoms. The Morgan fingerprint density at radius 2 is 1.62 bits per heavy atom. The van der Waals surface area contributed by atoms with Crippen LogP contribution in [0.4, 0.5) is 4.39 Å². The third kappa shape index (κ3) is 6.89. The highest BCUT2D eigenvalue weighted by molar-refractivity contribution is 5.94. The smallest absolute Gasteiger partial charge is 0.257 e. The maximum atomic E-state index is 14.3. The van der Waals surface area contributed by atoms with Crippen LogP contribution in [0.1, 0.15) is 27.9 Å². The van der Waals surface area contributed by atoms with Gasteiger partial charge in [0.2, 0.25) is 0 Å². The highest BCUT2D eigenvalue weighted by atomic mass is 19.1. The number of hydrogen-bond acceptors (Lipinski definition) is 4. The lowest BCUT2D eigenvalue weighted by atomic mass is 10.1. The molecule has 1 amide bonds. The van der Waals surface area contributed by atoms with Gasteiger partial charge in [0.25, 0.3) is 5.91 Å². The van der Waals surface area contributed by atoms with Gasteiger partial charge >= 0.3 is 0 Å². The zero-order chi connectivity index (χ0) is 23.6. The fourth-order valence-electron chi connectivity index (χ4n) is 4.02. The number of ether oxygens (including phenoxy) is 2. The van der Waals surface area contributed by atoms with Crippen molar-refractivity contribution in [3.8, 4) is 5.75 Å². The fraction of sp³-hybridized carbons (Fsp3) is 0.321. The summed E-state index contributed by atoms with van der Waals surface area (Å²) in [6.07, 6.45) is 0.818. The molecular formula is C28H31FN2O3. The standard InChI is InChI=1S/C28H31FN2O3/c29-27-10-5-4-9-26(27)28(32)31(16-6-15-30-17-19-33-20-18-30)21-23-11-13-25(14-12-23)34-22-24-7-2-1-3-8-24/h1-5,7-14H,6,15-22H2. The van der Waals surface area contributed by atoms with Crippen molar-refractivity contribution in [3.63, 3.8) is 0 Å². The SMILES string of the molecule is O=C(c1ccccc1F)N(CCCN1CCOCC1)Cc1ccc(OCc2ccccc2)cc1. The van der Waals surface area contributed by atoms with E-state index in [0.29, 0.717) is 19.7 Å². The molecule has 0 aliphatic carbocycles. The average Bonchev–Trinajstić information content (AvgIpc) is 2.89. The van der Waals surface area contributed by atoms with Crippen molar-refractivity contribution in [2.45, 2.75) is 19.6 Å². The van der Waals surface area contributed by atoms with Gasteiger partial charge in [-0.15, -0.1) is 0 Å². The Morgan fingerprint density at radius 1 is 0.912 bits per heavy atom. The summed E-state index contributed by atoms with van der Waals surface area (Å²) in [5.74, 6) is -0.00767. The van der Waals surface area contributed by atoms with Crippen LogP contribution >= 0.6 is 0 Å². The molecule has 1 aliphatic heterocycles. The van der Waals surface area contributed by atoms with E-state index < -0.39 is 5.82 Å². The van der Waals surface area contributed by atoms with Crippen LogP contribution < -0.4 is 4.74 Å². The van der Waals surface area contributed by atoms with Crippen molar-refractivity contribution in [1.29, 1.82) is 0 Å². The molecule has 4 rings (SSSR count). The van der Waals surface area contributed by atoms with Gasteiger partial charge in [-0.25, -0.2) is 4.39 Å². The van der Waals surface area contributed by atoms with Gasteiger partial charge in [-0.2, -0.15) is 0 Å². The number of carbonyl (C=O) groups is 1. The van der Waals surface area contributed by atoms with Crippen molar-refractivity contribution in [2.75, 3.05) is 39.4 Å². The Morgan fingerprint density at radius 3 is 2.35 bits per heavy atom. The van der Waals surface area contributed by atoms with Crippen molar-refractivity contribution in [3.05, 3.63) is 101 Å². The minimum absolute atomic E-state index is 0.108. The Labute approximate surface area is 200 Å². The van der Waals surface area contributed by atoms with Crippen LogP contribution in [-0.4, -0.2) is 55.1 Å². The zero-order valence-electron chi connectivity index (χ0n) is 19.4. The number of rotatable bonds is 10. The van der Waals surface area contributed by atoms with Crippen LogP contribution in [0, 0.1) is 5.82 Å². The number of amides is 1. The maximum Gasteiger partial charge on any atom is 0.257 e. The molecule has 0 saturated carbocycles. The van der Waals surface area contributed by atoms with Crippen LogP contribution in [0.3, 0.4) is 0 Å². The Hall–Kier alpha value is -3.22. The van der Waals surface area contributed by atoms with E-state index in [1.54, 1.807) is 23.1 Å². The van der Waals surface area contributed by atoms with Gasteiger partial charge in [-0.1, -0.05) is 54.6 Å². The molecule has 34 heavy (non-hydrogen) atoms. The molecule has 0 bridgehead atoms. The molecule has 0 atom stereocenters. The number of carbonyl (C=O) groups excluding carboxylic acids is 1. The molecule has 1 saturated heterocycles. The number of halogens is 1. The second-order valence-electron chi connectivity index (χ2n) is 8.43. The topological polar surface area (TPSA) is 42.0 Å². The van der Waals surface area contributed by atoms with Gasteiger partial charge in [-0.3, -0.25) is 9.69 Å². The number of morpholine rings is 1. The molecule has 0 N–H and O–H groups in total. The highest BCUT2D eigenvalue weighted by Crippen LogP contribution is 2.18. The van der Waals surface area contributed by atoms with Crippen molar-refractivity contribution < 1.29 is 18.7 Å². The summed E-state index contributed by atoms with van der Waals surface area (Å²) in [5.41, 5.74) is 2.19. The average molecular weight is 463 g/mol. The summed E-state index contributed by atoms with van der Waals surface area (Å²) in [5, 5.41) is 0. The third-order valence-electron chi connectivity index (χ3n) is 5.94. The molecule has 3 aromatic carbocycles. The molecule has 0 unspecified atom stereocenters. The summed E-state index contributed by atoms with van der Waals surface area (Å²) >= 11 is 0. The summed E-state index contributed by atoms with van der Waals surface area (Å²) in [4.78, 5) is 17.3. The quantitative estimate of drug-likeness (QED) is 0.435. The minimum Gasteiger partial charge on any atom is -0.489 e. The van der Waals surface area contributed by atoms with E-state index in [4.69, 9.17) is 9.47 Å². The van der Waals surface area contributed by atoms with Crippen LogP contribution in [0.5, 0.6) is 5.75 Å². The Balaban J connectivity index is 1.39. The van der Waals surface area contributed by atoms with Crippen LogP contribution in [0.2, 0.25) is 0 Å². The van der Waals surface area contributed by atoms with Gasteiger partial charge in [0.1, 0.15) is 18.2 Å². The number of hydrogen-bond donors (Lipinski definition) is 0. The van der Waals surface area contributed by atoms with Gasteiger partial charge in [0.15, 0.2) is 0 Å². The van der Waals surface area contributed by atoms with Gasteiger partial charge < -0.3 is 14.4 Å². The monoisotopic (exact) mass is 462 g/mol. The molecule has 0 spiro atoms. The van der Waals surface area contributed by atoms with Gasteiger partial charge in [0.05, 0.1) is 18.8 Å². The van der Waals surface area contributed by atoms with Crippen molar-refractivity contribution in [1.82, 2.24) is 9.80 Å². The third-order valence-corrected chi connectivity index (χ3v) is 5.94.